The molecule has 166 valence electrons. The lowest BCUT2D eigenvalue weighted by atomic mass is 10.1. The topological polar surface area (TPSA) is 50.4 Å². The van der Waals surface area contributed by atoms with Crippen molar-refractivity contribution in [3.05, 3.63) is 84.3 Å². The van der Waals surface area contributed by atoms with Crippen molar-refractivity contribution in [1.29, 1.82) is 0 Å². The molecule has 4 nitrogen and oxygen atoms in total. The first-order valence-electron chi connectivity index (χ1n) is 9.07. The summed E-state index contributed by atoms with van der Waals surface area (Å²) in [4.78, 5) is 12.4. The first-order chi connectivity index (χ1) is 15.1. The monoisotopic (exact) mass is 546 g/mol. The minimum Gasteiger partial charge on any atom is -0.454 e. The van der Waals surface area contributed by atoms with Crippen molar-refractivity contribution in [2.45, 2.75) is 13.8 Å². The number of anilines is 1. The maximum absolute atomic E-state index is 12.4. The maximum atomic E-state index is 12.4. The zero-order valence-electron chi connectivity index (χ0n) is 16.7. The Bertz CT molecular complexity index is 1230. The average Bonchev–Trinajstić information content (AvgIpc) is 2.73. The summed E-state index contributed by atoms with van der Waals surface area (Å²) in [7, 11) is 0. The Labute approximate surface area is 215 Å². The van der Waals surface area contributed by atoms with E-state index in [2.05, 4.69) is 10.6 Å². The Balaban J connectivity index is 1.81. The molecule has 3 aromatic carbocycles. The summed E-state index contributed by atoms with van der Waals surface area (Å²) in [6.07, 6.45) is 0. The van der Waals surface area contributed by atoms with Gasteiger partial charge in [-0.3, -0.25) is 10.1 Å². The lowest BCUT2D eigenvalue weighted by Gasteiger charge is -2.18. The molecule has 0 atom stereocenters. The Morgan fingerprint density at radius 3 is 2.22 bits per heavy atom. The summed E-state index contributed by atoms with van der Waals surface area (Å²) in [6.45, 7) is 3.63. The van der Waals surface area contributed by atoms with Crippen LogP contribution in [0.4, 0.5) is 5.69 Å². The molecule has 32 heavy (non-hydrogen) atoms. The lowest BCUT2D eigenvalue weighted by Crippen LogP contribution is -2.34. The molecule has 0 fully saturated rings. The van der Waals surface area contributed by atoms with Crippen LogP contribution in [0.25, 0.3) is 0 Å². The number of carbonyl (C=O) groups excluding carboxylic acids is 1. The third kappa shape index (κ3) is 5.60. The van der Waals surface area contributed by atoms with Crippen LogP contribution in [0.15, 0.2) is 42.5 Å². The maximum Gasteiger partial charge on any atom is 0.258 e. The Kier molecular flexibility index (Phi) is 8.15. The minimum atomic E-state index is -0.427. The number of rotatable bonds is 4. The van der Waals surface area contributed by atoms with Gasteiger partial charge < -0.3 is 10.1 Å². The number of hydrogen-bond donors (Lipinski definition) is 2. The predicted octanol–water partition coefficient (Wildman–Crippen LogP) is 8.49. The van der Waals surface area contributed by atoms with E-state index in [0.29, 0.717) is 48.4 Å². The minimum absolute atomic E-state index is 0.0957. The molecule has 0 spiro atoms. The molecular formula is C22H15Cl5N2O2S. The number of aryl methyl sites for hydroxylation is 1. The molecule has 3 aromatic rings. The molecule has 0 saturated carbocycles. The molecule has 0 aromatic heterocycles. The van der Waals surface area contributed by atoms with Crippen LogP contribution >= 0.6 is 70.2 Å². The van der Waals surface area contributed by atoms with E-state index in [1.807, 2.05) is 6.92 Å². The fourth-order valence-corrected chi connectivity index (χ4v) is 4.03. The first kappa shape index (κ1) is 24.9. The molecule has 10 heteroatoms. The van der Waals surface area contributed by atoms with Gasteiger partial charge in [-0.15, -0.1) is 0 Å². The number of halogens is 5. The van der Waals surface area contributed by atoms with Gasteiger partial charge in [0.2, 0.25) is 0 Å². The molecular weight excluding hydrogens is 534 g/mol. The van der Waals surface area contributed by atoms with Crippen molar-refractivity contribution >= 4 is 86.9 Å². The van der Waals surface area contributed by atoms with Gasteiger partial charge in [0.25, 0.3) is 5.91 Å². The van der Waals surface area contributed by atoms with E-state index in [4.69, 9.17) is 75.0 Å². The SMILES string of the molecule is Cc1cc(Oc2cc(Cl)c(Cl)cc2Cl)c(Cl)c(C)c1NC(=S)NC(=O)c1ccccc1Cl. The van der Waals surface area contributed by atoms with Gasteiger partial charge in [0.1, 0.15) is 11.5 Å². The summed E-state index contributed by atoms with van der Waals surface area (Å²) in [5.41, 5.74) is 2.37. The molecule has 1 amide bonds. The zero-order chi connectivity index (χ0) is 23.6. The molecule has 0 aliphatic heterocycles. The number of amides is 1. The molecule has 0 heterocycles. The van der Waals surface area contributed by atoms with Crippen LogP contribution in [0.2, 0.25) is 25.1 Å². The lowest BCUT2D eigenvalue weighted by molar-refractivity contribution is 0.0978. The summed E-state index contributed by atoms with van der Waals surface area (Å²) >= 11 is 36.1. The molecule has 2 N–H and O–H groups in total. The second kappa shape index (κ2) is 10.5. The van der Waals surface area contributed by atoms with Crippen molar-refractivity contribution in [2.75, 3.05) is 5.32 Å². The van der Waals surface area contributed by atoms with Gasteiger partial charge in [0, 0.05) is 11.8 Å². The number of carbonyl (C=O) groups is 1. The van der Waals surface area contributed by atoms with E-state index in [-0.39, 0.29) is 10.1 Å². The molecule has 0 aliphatic rings. The van der Waals surface area contributed by atoms with Crippen LogP contribution < -0.4 is 15.4 Å². The van der Waals surface area contributed by atoms with Crippen LogP contribution in [0.1, 0.15) is 21.5 Å². The molecule has 0 unspecified atom stereocenters. The van der Waals surface area contributed by atoms with Crippen molar-refractivity contribution in [3.63, 3.8) is 0 Å². The standard InChI is InChI=1S/C22H15Cl5N2O2S/c1-10-7-18(31-17-9-15(25)14(24)8-16(17)26)19(27)11(2)20(10)28-22(32)29-21(30)12-5-3-4-6-13(12)23/h3-9H,1-2H3,(H2,28,29,30,32). The first-order valence-corrected chi connectivity index (χ1v) is 11.4. The van der Waals surface area contributed by atoms with Gasteiger partial charge in [-0.2, -0.15) is 0 Å². The van der Waals surface area contributed by atoms with E-state index in [0.717, 1.165) is 5.56 Å². The number of thiocarbonyl (C=S) groups is 1. The summed E-state index contributed by atoms with van der Waals surface area (Å²) in [5.74, 6) is 0.257. The van der Waals surface area contributed by atoms with Gasteiger partial charge in [-0.25, -0.2) is 0 Å². The van der Waals surface area contributed by atoms with E-state index < -0.39 is 5.91 Å². The van der Waals surface area contributed by atoms with Crippen molar-refractivity contribution in [1.82, 2.24) is 5.32 Å². The second-order valence-corrected chi connectivity index (χ2v) is 9.11. The van der Waals surface area contributed by atoms with Gasteiger partial charge >= 0.3 is 0 Å². The van der Waals surface area contributed by atoms with Gasteiger partial charge in [0.15, 0.2) is 5.11 Å². The fraction of sp³-hybridized carbons (Fsp3) is 0.0909. The van der Waals surface area contributed by atoms with E-state index in [1.165, 1.54) is 12.1 Å². The summed E-state index contributed by atoms with van der Waals surface area (Å²) in [5, 5.41) is 7.28. The second-order valence-electron chi connectivity index (χ2n) is 6.69. The summed E-state index contributed by atoms with van der Waals surface area (Å²) < 4.78 is 5.88. The predicted molar refractivity (Wildman–Crippen MR) is 138 cm³/mol. The van der Waals surface area contributed by atoms with Crippen LogP contribution in [0.5, 0.6) is 11.5 Å². The van der Waals surface area contributed by atoms with Gasteiger partial charge in [0.05, 0.1) is 30.7 Å². The third-order valence-electron chi connectivity index (χ3n) is 4.44. The highest BCUT2D eigenvalue weighted by atomic mass is 35.5. The smallest absolute Gasteiger partial charge is 0.258 e. The van der Waals surface area contributed by atoms with Gasteiger partial charge in [-0.05, 0) is 61.5 Å². The van der Waals surface area contributed by atoms with Crippen molar-refractivity contribution in [3.8, 4) is 11.5 Å². The fourth-order valence-electron chi connectivity index (χ4n) is 2.85. The highest BCUT2D eigenvalue weighted by molar-refractivity contribution is 7.80. The highest BCUT2D eigenvalue weighted by Gasteiger charge is 2.18. The zero-order valence-corrected chi connectivity index (χ0v) is 21.3. The number of hydrogen-bond acceptors (Lipinski definition) is 3. The number of ether oxygens (including phenoxy) is 1. The number of benzene rings is 3. The van der Waals surface area contributed by atoms with E-state index >= 15 is 0 Å². The molecule has 3 rings (SSSR count). The average molecular weight is 549 g/mol. The molecule has 0 radical (unpaired) electrons. The van der Waals surface area contributed by atoms with Crippen molar-refractivity contribution in [2.24, 2.45) is 0 Å². The number of nitrogens with one attached hydrogen (secondary N) is 2. The Morgan fingerprint density at radius 1 is 0.875 bits per heavy atom. The van der Waals surface area contributed by atoms with Crippen LogP contribution in [0.3, 0.4) is 0 Å². The Hall–Kier alpha value is -1.73. The van der Waals surface area contributed by atoms with Gasteiger partial charge in [-0.1, -0.05) is 70.1 Å². The highest BCUT2D eigenvalue weighted by Crippen LogP contribution is 2.41. The third-order valence-corrected chi connectivity index (χ3v) is 6.46. The quantitative estimate of drug-likeness (QED) is 0.254. The molecule has 0 aliphatic carbocycles. The molecule has 0 bridgehead atoms. The van der Waals surface area contributed by atoms with Crippen LogP contribution in [-0.4, -0.2) is 11.0 Å². The normalized spacial score (nSPS) is 10.6. The Morgan fingerprint density at radius 2 is 1.53 bits per heavy atom. The molecule has 0 saturated heterocycles. The van der Waals surface area contributed by atoms with Crippen LogP contribution in [-0.2, 0) is 0 Å². The van der Waals surface area contributed by atoms with Crippen LogP contribution in [0, 0.1) is 13.8 Å². The van der Waals surface area contributed by atoms with E-state index in [9.17, 15) is 4.79 Å². The van der Waals surface area contributed by atoms with E-state index in [1.54, 1.807) is 37.3 Å². The van der Waals surface area contributed by atoms with Crippen molar-refractivity contribution < 1.29 is 9.53 Å². The summed E-state index contributed by atoms with van der Waals surface area (Å²) in [6, 6.07) is 11.4. The largest absolute Gasteiger partial charge is 0.454 e.